The van der Waals surface area contributed by atoms with E-state index in [9.17, 15) is 4.79 Å². The topological polar surface area (TPSA) is 59.3 Å². The third kappa shape index (κ3) is 3.39. The minimum atomic E-state index is -0.249. The van der Waals surface area contributed by atoms with Crippen LogP contribution >= 0.6 is 22.9 Å². The van der Waals surface area contributed by atoms with Gasteiger partial charge in [0.2, 0.25) is 0 Å². The molecule has 1 aromatic carbocycles. The lowest BCUT2D eigenvalue weighted by molar-refractivity contribution is 0.0959. The van der Waals surface area contributed by atoms with E-state index in [-0.39, 0.29) is 5.91 Å². The van der Waals surface area contributed by atoms with Gasteiger partial charge in [-0.1, -0.05) is 35.4 Å². The Balaban J connectivity index is 1.80. The van der Waals surface area contributed by atoms with Crippen LogP contribution < -0.4 is 5.43 Å². The van der Waals surface area contributed by atoms with Gasteiger partial charge < -0.3 is 0 Å². The van der Waals surface area contributed by atoms with E-state index >= 15 is 0 Å². The third-order valence-corrected chi connectivity index (χ3v) is 4.66. The fourth-order valence-electron chi connectivity index (χ4n) is 2.13. The number of hydrogen-bond donors (Lipinski definition) is 1. The highest BCUT2D eigenvalue weighted by Crippen LogP contribution is 2.22. The van der Waals surface area contributed by atoms with Gasteiger partial charge in [-0.2, -0.15) is 10.2 Å². The first-order valence-corrected chi connectivity index (χ1v) is 8.51. The molecular weight excluding hydrogens is 344 g/mol. The highest BCUT2D eigenvalue weighted by molar-refractivity contribution is 7.12. The molecule has 0 atom stereocenters. The zero-order valence-corrected chi connectivity index (χ0v) is 14.7. The van der Waals surface area contributed by atoms with E-state index < -0.39 is 0 Å². The molecule has 122 valence electrons. The summed E-state index contributed by atoms with van der Waals surface area (Å²) in [5, 5.41) is 10.7. The maximum Gasteiger partial charge on any atom is 0.281 e. The second-order valence-electron chi connectivity index (χ2n) is 5.21. The predicted octanol–water partition coefficient (Wildman–Crippen LogP) is 3.97. The number of carbonyl (C=O) groups is 1. The van der Waals surface area contributed by atoms with E-state index in [1.54, 1.807) is 10.7 Å². The summed E-state index contributed by atoms with van der Waals surface area (Å²) in [6, 6.07) is 11.5. The van der Waals surface area contributed by atoms with Gasteiger partial charge in [0.1, 0.15) is 5.15 Å². The summed E-state index contributed by atoms with van der Waals surface area (Å²) >= 11 is 7.78. The number of thiophene rings is 1. The molecule has 3 rings (SSSR count). The predicted molar refractivity (Wildman–Crippen MR) is 97.4 cm³/mol. The number of hydrazone groups is 1. The lowest BCUT2D eigenvalue weighted by Crippen LogP contribution is -2.16. The minimum Gasteiger partial charge on any atom is -0.266 e. The summed E-state index contributed by atoms with van der Waals surface area (Å²) in [7, 11) is 0. The molecule has 0 aliphatic carbocycles. The van der Waals surface area contributed by atoms with Crippen molar-refractivity contribution in [3.05, 3.63) is 68.6 Å². The molecule has 7 heteroatoms. The Bertz CT molecular complexity index is 882. The first-order chi connectivity index (χ1) is 11.6. The smallest absolute Gasteiger partial charge is 0.266 e. The second-order valence-corrected chi connectivity index (χ2v) is 6.52. The van der Waals surface area contributed by atoms with Crippen molar-refractivity contribution >= 4 is 35.1 Å². The van der Waals surface area contributed by atoms with Gasteiger partial charge in [-0.3, -0.25) is 4.79 Å². The molecule has 0 aliphatic rings. The van der Waals surface area contributed by atoms with Gasteiger partial charge in [0.25, 0.3) is 5.91 Å². The van der Waals surface area contributed by atoms with Crippen molar-refractivity contribution in [3.63, 3.8) is 0 Å². The lowest BCUT2D eigenvalue weighted by atomic mass is 10.2. The van der Waals surface area contributed by atoms with E-state index in [2.05, 4.69) is 15.6 Å². The van der Waals surface area contributed by atoms with Gasteiger partial charge in [0.05, 0.1) is 28.0 Å². The summed E-state index contributed by atoms with van der Waals surface area (Å²) in [5.41, 5.74) is 5.93. The Kier molecular flexibility index (Phi) is 4.78. The van der Waals surface area contributed by atoms with E-state index in [0.29, 0.717) is 15.6 Å². The second kappa shape index (κ2) is 6.98. The van der Waals surface area contributed by atoms with Crippen LogP contribution in [0.15, 0.2) is 46.9 Å². The molecule has 1 N–H and O–H groups in total. The van der Waals surface area contributed by atoms with E-state index in [0.717, 1.165) is 16.9 Å². The molecule has 0 radical (unpaired) electrons. The Labute approximate surface area is 148 Å². The quantitative estimate of drug-likeness (QED) is 0.566. The van der Waals surface area contributed by atoms with Crippen molar-refractivity contribution in [2.24, 2.45) is 5.10 Å². The number of benzene rings is 1. The number of carbonyl (C=O) groups excluding carboxylic acids is 1. The van der Waals surface area contributed by atoms with Crippen LogP contribution in [0.25, 0.3) is 5.69 Å². The lowest BCUT2D eigenvalue weighted by Gasteiger charge is -2.03. The molecule has 0 fully saturated rings. The van der Waals surface area contributed by atoms with Crippen LogP contribution in [-0.2, 0) is 0 Å². The van der Waals surface area contributed by atoms with E-state index in [4.69, 9.17) is 11.6 Å². The van der Waals surface area contributed by atoms with E-state index in [1.807, 2.05) is 49.6 Å². The van der Waals surface area contributed by atoms with Crippen LogP contribution in [-0.4, -0.2) is 21.9 Å². The molecule has 0 saturated heterocycles. The molecule has 0 unspecified atom stereocenters. The molecule has 0 spiro atoms. The van der Waals surface area contributed by atoms with Crippen molar-refractivity contribution in [2.45, 2.75) is 13.8 Å². The fourth-order valence-corrected chi connectivity index (χ4v) is 3.07. The Hall–Kier alpha value is -2.44. The van der Waals surface area contributed by atoms with Crippen molar-refractivity contribution in [1.29, 1.82) is 0 Å². The zero-order valence-electron chi connectivity index (χ0n) is 13.2. The molecule has 3 aromatic rings. The average Bonchev–Trinajstić information content (AvgIpc) is 3.19. The van der Waals surface area contributed by atoms with Crippen LogP contribution in [0, 0.1) is 13.8 Å². The largest absolute Gasteiger partial charge is 0.281 e. The highest BCUT2D eigenvalue weighted by Gasteiger charge is 2.13. The molecule has 2 aromatic heterocycles. The molecule has 24 heavy (non-hydrogen) atoms. The first-order valence-electron chi connectivity index (χ1n) is 7.25. The van der Waals surface area contributed by atoms with Gasteiger partial charge in [0.15, 0.2) is 0 Å². The zero-order chi connectivity index (χ0) is 17.1. The first kappa shape index (κ1) is 16.4. The summed E-state index contributed by atoms with van der Waals surface area (Å²) < 4.78 is 1.65. The standard InChI is InChI=1S/C17H15ClN4OS/c1-11-5-7-13(8-6-11)22-16(18)14(12(2)21-22)10-19-20-17(23)15-4-3-9-24-15/h3-10H,1-2H3,(H,20,23)/b19-10+. The molecule has 5 nitrogen and oxygen atoms in total. The van der Waals surface area contributed by atoms with Crippen LogP contribution in [0.4, 0.5) is 0 Å². The molecule has 0 bridgehead atoms. The van der Waals surface area contributed by atoms with Crippen molar-refractivity contribution in [3.8, 4) is 5.69 Å². The average molecular weight is 359 g/mol. The van der Waals surface area contributed by atoms with Crippen LogP contribution in [0.2, 0.25) is 5.15 Å². The van der Waals surface area contributed by atoms with Gasteiger partial charge in [-0.15, -0.1) is 11.3 Å². The summed E-state index contributed by atoms with van der Waals surface area (Å²) in [6.45, 7) is 3.87. The highest BCUT2D eigenvalue weighted by atomic mass is 35.5. The van der Waals surface area contributed by atoms with Gasteiger partial charge in [-0.05, 0) is 37.4 Å². The van der Waals surface area contributed by atoms with Gasteiger partial charge >= 0.3 is 0 Å². The Morgan fingerprint density at radius 2 is 2.04 bits per heavy atom. The van der Waals surface area contributed by atoms with Crippen LogP contribution in [0.5, 0.6) is 0 Å². The van der Waals surface area contributed by atoms with E-state index in [1.165, 1.54) is 17.6 Å². The van der Waals surface area contributed by atoms with Gasteiger partial charge in [-0.25, -0.2) is 10.1 Å². The number of rotatable bonds is 4. The maximum absolute atomic E-state index is 11.9. The summed E-state index contributed by atoms with van der Waals surface area (Å²) in [5.74, 6) is -0.249. The van der Waals surface area contributed by atoms with Crippen molar-refractivity contribution < 1.29 is 4.79 Å². The van der Waals surface area contributed by atoms with Gasteiger partial charge in [0, 0.05) is 0 Å². The number of nitrogens with zero attached hydrogens (tertiary/aromatic N) is 3. The summed E-state index contributed by atoms with van der Waals surface area (Å²) in [6.07, 6.45) is 1.51. The van der Waals surface area contributed by atoms with Crippen molar-refractivity contribution in [1.82, 2.24) is 15.2 Å². The molecule has 1 amide bonds. The fraction of sp³-hybridized carbons (Fsp3) is 0.118. The number of aryl methyl sites for hydroxylation is 2. The normalized spacial score (nSPS) is 11.1. The Morgan fingerprint density at radius 3 is 2.71 bits per heavy atom. The van der Waals surface area contributed by atoms with Crippen molar-refractivity contribution in [2.75, 3.05) is 0 Å². The number of halogens is 1. The number of hydrogen-bond acceptors (Lipinski definition) is 4. The molecule has 0 aliphatic heterocycles. The minimum absolute atomic E-state index is 0.249. The SMILES string of the molecule is Cc1ccc(-n2nc(C)c(/C=N/NC(=O)c3cccs3)c2Cl)cc1. The van der Waals surface area contributed by atoms with Crippen LogP contribution in [0.1, 0.15) is 26.5 Å². The maximum atomic E-state index is 11.9. The third-order valence-electron chi connectivity index (χ3n) is 3.43. The number of aromatic nitrogens is 2. The molecule has 0 saturated carbocycles. The molecule has 2 heterocycles. The molecular formula is C17H15ClN4OS. The monoisotopic (exact) mass is 358 g/mol. The number of amides is 1. The number of nitrogens with one attached hydrogen (secondary N) is 1. The summed E-state index contributed by atoms with van der Waals surface area (Å²) in [4.78, 5) is 12.5. The Morgan fingerprint density at radius 1 is 1.29 bits per heavy atom. The van der Waals surface area contributed by atoms with Crippen LogP contribution in [0.3, 0.4) is 0 Å².